The summed E-state index contributed by atoms with van der Waals surface area (Å²) in [5.41, 5.74) is 8.78. The number of nitrogens with zero attached hydrogens (tertiary/aromatic N) is 2. The lowest BCUT2D eigenvalue weighted by molar-refractivity contribution is 0.480. The molecule has 2 saturated carbocycles. The standard InChI is InChI=1S/C17H21N3/c18-17(16-14-8-4-5-9-15(14)16)12-10-19-20(11-12)13-6-2-1-3-7-13/h1-3,6-7,10-11,14-17H,4-5,8-9,18H2. The van der Waals surface area contributed by atoms with E-state index >= 15 is 0 Å². The van der Waals surface area contributed by atoms with Gasteiger partial charge in [-0.05, 0) is 42.7 Å². The van der Waals surface area contributed by atoms with E-state index in [2.05, 4.69) is 23.4 Å². The van der Waals surface area contributed by atoms with Gasteiger partial charge in [0.2, 0.25) is 0 Å². The van der Waals surface area contributed by atoms with Gasteiger partial charge in [0, 0.05) is 17.8 Å². The first-order valence-corrected chi connectivity index (χ1v) is 7.70. The van der Waals surface area contributed by atoms with Gasteiger partial charge in [0.05, 0.1) is 11.9 Å². The molecule has 3 heteroatoms. The van der Waals surface area contributed by atoms with E-state index in [1.54, 1.807) is 0 Å². The predicted molar refractivity (Wildman–Crippen MR) is 79.4 cm³/mol. The fourth-order valence-corrected chi connectivity index (χ4v) is 4.03. The van der Waals surface area contributed by atoms with E-state index in [4.69, 9.17) is 5.73 Å². The van der Waals surface area contributed by atoms with Gasteiger partial charge in [0.15, 0.2) is 0 Å². The van der Waals surface area contributed by atoms with Crippen LogP contribution in [0.1, 0.15) is 37.3 Å². The largest absolute Gasteiger partial charge is 0.324 e. The number of hydrogen-bond donors (Lipinski definition) is 1. The maximum Gasteiger partial charge on any atom is 0.0645 e. The van der Waals surface area contributed by atoms with E-state index in [0.717, 1.165) is 17.5 Å². The first-order valence-electron chi connectivity index (χ1n) is 7.70. The second-order valence-electron chi connectivity index (χ2n) is 6.27. The van der Waals surface area contributed by atoms with Gasteiger partial charge in [0.1, 0.15) is 0 Å². The molecular formula is C17H21N3. The maximum absolute atomic E-state index is 6.50. The molecule has 2 N–H and O–H groups in total. The summed E-state index contributed by atoms with van der Waals surface area (Å²) in [5.74, 6) is 2.48. The third-order valence-electron chi connectivity index (χ3n) is 5.15. The van der Waals surface area contributed by atoms with Crippen LogP contribution in [0.4, 0.5) is 0 Å². The number of fused-ring (bicyclic) bond motifs is 1. The Labute approximate surface area is 119 Å². The van der Waals surface area contributed by atoms with Crippen molar-refractivity contribution in [2.75, 3.05) is 0 Å². The molecule has 20 heavy (non-hydrogen) atoms. The average molecular weight is 267 g/mol. The van der Waals surface area contributed by atoms with Crippen LogP contribution in [0.25, 0.3) is 5.69 Å². The number of para-hydroxylation sites is 1. The summed E-state index contributed by atoms with van der Waals surface area (Å²) in [6.45, 7) is 0. The Balaban J connectivity index is 1.54. The molecule has 104 valence electrons. The Morgan fingerprint density at radius 2 is 1.80 bits per heavy atom. The summed E-state index contributed by atoms with van der Waals surface area (Å²) >= 11 is 0. The molecular weight excluding hydrogens is 246 g/mol. The molecule has 0 aliphatic heterocycles. The van der Waals surface area contributed by atoms with Gasteiger partial charge < -0.3 is 5.73 Å². The summed E-state index contributed by atoms with van der Waals surface area (Å²) in [7, 11) is 0. The van der Waals surface area contributed by atoms with Crippen LogP contribution in [0.5, 0.6) is 0 Å². The summed E-state index contributed by atoms with van der Waals surface area (Å²) in [5, 5.41) is 4.47. The highest BCUT2D eigenvalue weighted by Crippen LogP contribution is 2.59. The molecule has 0 spiro atoms. The fourth-order valence-electron chi connectivity index (χ4n) is 4.03. The minimum atomic E-state index is 0.167. The second kappa shape index (κ2) is 4.74. The monoisotopic (exact) mass is 267 g/mol. The van der Waals surface area contributed by atoms with Crippen LogP contribution < -0.4 is 5.73 Å². The topological polar surface area (TPSA) is 43.8 Å². The number of benzene rings is 1. The van der Waals surface area contributed by atoms with E-state index in [9.17, 15) is 0 Å². The molecule has 0 radical (unpaired) electrons. The van der Waals surface area contributed by atoms with Crippen LogP contribution in [-0.4, -0.2) is 9.78 Å². The number of rotatable bonds is 3. The molecule has 3 atom stereocenters. The van der Waals surface area contributed by atoms with Gasteiger partial charge >= 0.3 is 0 Å². The molecule has 1 heterocycles. The zero-order chi connectivity index (χ0) is 13.5. The van der Waals surface area contributed by atoms with Crippen LogP contribution in [0, 0.1) is 17.8 Å². The fraction of sp³-hybridized carbons (Fsp3) is 0.471. The lowest BCUT2D eigenvalue weighted by atomic mass is 10.0. The first kappa shape index (κ1) is 12.2. The highest BCUT2D eigenvalue weighted by atomic mass is 15.3. The Hall–Kier alpha value is -1.61. The maximum atomic E-state index is 6.50. The second-order valence-corrected chi connectivity index (χ2v) is 6.27. The zero-order valence-electron chi connectivity index (χ0n) is 11.7. The predicted octanol–water partition coefficient (Wildman–Crippen LogP) is 3.31. The third kappa shape index (κ3) is 1.97. The highest BCUT2D eigenvalue weighted by Gasteiger charge is 2.53. The van der Waals surface area contributed by atoms with Crippen LogP contribution in [0.15, 0.2) is 42.7 Å². The van der Waals surface area contributed by atoms with Gasteiger partial charge in [-0.2, -0.15) is 5.10 Å². The van der Waals surface area contributed by atoms with E-state index < -0.39 is 0 Å². The number of nitrogens with two attached hydrogens (primary N) is 1. The van der Waals surface area contributed by atoms with Gasteiger partial charge in [-0.1, -0.05) is 31.0 Å². The van der Waals surface area contributed by atoms with Gasteiger partial charge in [-0.25, -0.2) is 4.68 Å². The Bertz CT molecular complexity index is 577. The quantitative estimate of drug-likeness (QED) is 0.927. The van der Waals surface area contributed by atoms with Crippen molar-refractivity contribution in [1.82, 2.24) is 9.78 Å². The van der Waals surface area contributed by atoms with Gasteiger partial charge in [0.25, 0.3) is 0 Å². The van der Waals surface area contributed by atoms with Crippen molar-refractivity contribution >= 4 is 0 Å². The average Bonchev–Trinajstić information content (AvgIpc) is 3.02. The lowest BCUT2D eigenvalue weighted by Crippen LogP contribution is -2.13. The normalized spacial score (nSPS) is 29.8. The highest BCUT2D eigenvalue weighted by molar-refractivity contribution is 5.31. The molecule has 2 aromatic rings. The Morgan fingerprint density at radius 3 is 2.50 bits per heavy atom. The SMILES string of the molecule is NC(c1cnn(-c2ccccc2)c1)C1C2CCCCC21. The minimum absolute atomic E-state index is 0.167. The van der Waals surface area contributed by atoms with Crippen LogP contribution in [0.2, 0.25) is 0 Å². The summed E-state index contributed by atoms with van der Waals surface area (Å²) < 4.78 is 1.93. The van der Waals surface area contributed by atoms with Crippen molar-refractivity contribution in [2.24, 2.45) is 23.5 Å². The van der Waals surface area contributed by atoms with E-state index in [1.807, 2.05) is 29.1 Å². The Morgan fingerprint density at radius 1 is 1.10 bits per heavy atom. The molecule has 4 rings (SSSR count). The molecule has 2 aliphatic rings. The smallest absolute Gasteiger partial charge is 0.0645 e. The molecule has 2 aliphatic carbocycles. The number of aromatic nitrogens is 2. The molecule has 1 aromatic carbocycles. The first-order chi connectivity index (χ1) is 9.84. The molecule has 0 saturated heterocycles. The summed E-state index contributed by atoms with van der Waals surface area (Å²) in [4.78, 5) is 0. The number of hydrogen-bond acceptors (Lipinski definition) is 2. The van der Waals surface area contributed by atoms with Crippen molar-refractivity contribution in [3.8, 4) is 5.69 Å². The third-order valence-corrected chi connectivity index (χ3v) is 5.15. The van der Waals surface area contributed by atoms with Crippen molar-refractivity contribution in [3.63, 3.8) is 0 Å². The van der Waals surface area contributed by atoms with Crippen molar-refractivity contribution in [3.05, 3.63) is 48.3 Å². The molecule has 1 aromatic heterocycles. The molecule has 0 amide bonds. The summed E-state index contributed by atoms with van der Waals surface area (Å²) in [6.07, 6.45) is 9.61. The molecule has 3 nitrogen and oxygen atoms in total. The molecule has 0 bridgehead atoms. The Kier molecular flexibility index (Phi) is 2.88. The minimum Gasteiger partial charge on any atom is -0.324 e. The van der Waals surface area contributed by atoms with Gasteiger partial charge in [-0.15, -0.1) is 0 Å². The van der Waals surface area contributed by atoms with Crippen LogP contribution in [0.3, 0.4) is 0 Å². The van der Waals surface area contributed by atoms with Crippen molar-refractivity contribution in [1.29, 1.82) is 0 Å². The van der Waals surface area contributed by atoms with Gasteiger partial charge in [-0.3, -0.25) is 0 Å². The molecule has 2 fully saturated rings. The van der Waals surface area contributed by atoms with Crippen LogP contribution >= 0.6 is 0 Å². The van der Waals surface area contributed by atoms with Crippen molar-refractivity contribution in [2.45, 2.75) is 31.7 Å². The summed E-state index contributed by atoms with van der Waals surface area (Å²) in [6, 6.07) is 10.4. The van der Waals surface area contributed by atoms with E-state index in [0.29, 0.717) is 5.92 Å². The van der Waals surface area contributed by atoms with E-state index in [1.165, 1.54) is 31.2 Å². The van der Waals surface area contributed by atoms with E-state index in [-0.39, 0.29) is 6.04 Å². The zero-order valence-corrected chi connectivity index (χ0v) is 11.7. The van der Waals surface area contributed by atoms with Crippen molar-refractivity contribution < 1.29 is 0 Å². The van der Waals surface area contributed by atoms with Crippen LogP contribution in [-0.2, 0) is 0 Å². The molecule has 3 unspecified atom stereocenters. The lowest BCUT2D eigenvalue weighted by Gasteiger charge is -2.08.